The lowest BCUT2D eigenvalue weighted by Gasteiger charge is -2.11. The summed E-state index contributed by atoms with van der Waals surface area (Å²) in [7, 11) is 0. The van der Waals surface area contributed by atoms with Crippen LogP contribution in [0.15, 0.2) is 18.2 Å². The quantitative estimate of drug-likeness (QED) is 0.213. The molecule has 0 unspecified atom stereocenters. The molecule has 0 heterocycles. The van der Waals surface area contributed by atoms with E-state index in [-0.39, 0.29) is 11.7 Å². The molecule has 5 heteroatoms. The van der Waals surface area contributed by atoms with Crippen LogP contribution in [0.1, 0.15) is 110 Å². The van der Waals surface area contributed by atoms with Gasteiger partial charge >= 0.3 is 0 Å². The molecular formula is C27H45NO4. The fourth-order valence-corrected chi connectivity index (χ4v) is 3.78. The molecule has 2 N–H and O–H groups in total. The number of phenolic OH excluding ortho intramolecular Hbond substituents is 1. The third-order valence-electron chi connectivity index (χ3n) is 5.89. The summed E-state index contributed by atoms with van der Waals surface area (Å²) in [6.07, 6.45) is 18.3. The molecular weight excluding hydrogens is 402 g/mol. The van der Waals surface area contributed by atoms with E-state index in [2.05, 4.69) is 12.2 Å². The molecule has 1 amide bonds. The Morgan fingerprint density at radius 3 is 1.84 bits per heavy atom. The SMILES string of the molecule is CCCCCCCOc1cc(O)cc(OCCCCCCCCCCC(=O)NC2CC2)c1. The Kier molecular flexibility index (Phi) is 13.7. The lowest BCUT2D eigenvalue weighted by atomic mass is 10.1. The number of carbonyl (C=O) groups excluding carboxylic acids is 1. The van der Waals surface area contributed by atoms with E-state index >= 15 is 0 Å². The van der Waals surface area contributed by atoms with Crippen molar-refractivity contribution in [3.8, 4) is 17.2 Å². The van der Waals surface area contributed by atoms with Crippen molar-refractivity contribution in [1.29, 1.82) is 0 Å². The van der Waals surface area contributed by atoms with Crippen molar-refractivity contribution in [3.05, 3.63) is 18.2 Å². The number of hydrogen-bond donors (Lipinski definition) is 2. The number of phenols is 1. The molecule has 1 aliphatic rings. The molecule has 0 radical (unpaired) electrons. The Hall–Kier alpha value is -1.91. The van der Waals surface area contributed by atoms with E-state index in [4.69, 9.17) is 9.47 Å². The van der Waals surface area contributed by atoms with E-state index in [1.165, 1.54) is 64.2 Å². The van der Waals surface area contributed by atoms with Gasteiger partial charge in [-0.15, -0.1) is 0 Å². The molecule has 1 aromatic carbocycles. The van der Waals surface area contributed by atoms with Crippen LogP contribution in [-0.4, -0.2) is 30.3 Å². The second kappa shape index (κ2) is 16.7. The maximum atomic E-state index is 11.6. The molecule has 1 fully saturated rings. The Morgan fingerprint density at radius 1 is 0.812 bits per heavy atom. The highest BCUT2D eigenvalue weighted by Gasteiger charge is 2.22. The van der Waals surface area contributed by atoms with E-state index < -0.39 is 0 Å². The normalized spacial score (nSPS) is 13.2. The zero-order valence-corrected chi connectivity index (χ0v) is 20.2. The van der Waals surface area contributed by atoms with E-state index in [1.807, 2.05) is 6.07 Å². The third-order valence-corrected chi connectivity index (χ3v) is 5.89. The van der Waals surface area contributed by atoms with Gasteiger partial charge in [-0.05, 0) is 32.1 Å². The molecule has 2 rings (SSSR count). The highest BCUT2D eigenvalue weighted by Crippen LogP contribution is 2.27. The Morgan fingerprint density at radius 2 is 1.31 bits per heavy atom. The number of rotatable bonds is 20. The number of aromatic hydroxyl groups is 1. The summed E-state index contributed by atoms with van der Waals surface area (Å²) >= 11 is 0. The molecule has 0 atom stereocenters. The summed E-state index contributed by atoms with van der Waals surface area (Å²) in [6, 6.07) is 5.66. The number of carbonyl (C=O) groups is 1. The fraction of sp³-hybridized carbons (Fsp3) is 0.741. The first-order valence-corrected chi connectivity index (χ1v) is 13.1. The maximum absolute atomic E-state index is 11.6. The number of benzene rings is 1. The number of unbranched alkanes of at least 4 members (excludes halogenated alkanes) is 11. The van der Waals surface area contributed by atoms with Gasteiger partial charge in [0.15, 0.2) is 0 Å². The average molecular weight is 448 g/mol. The highest BCUT2D eigenvalue weighted by atomic mass is 16.5. The minimum Gasteiger partial charge on any atom is -0.508 e. The molecule has 182 valence electrons. The largest absolute Gasteiger partial charge is 0.508 e. The molecule has 0 aliphatic heterocycles. The molecule has 1 aromatic rings. The van der Waals surface area contributed by atoms with Crippen molar-refractivity contribution in [2.24, 2.45) is 0 Å². The summed E-state index contributed by atoms with van der Waals surface area (Å²) < 4.78 is 11.6. The van der Waals surface area contributed by atoms with Gasteiger partial charge in [-0.2, -0.15) is 0 Å². The van der Waals surface area contributed by atoms with Gasteiger partial charge in [0.2, 0.25) is 5.91 Å². The van der Waals surface area contributed by atoms with E-state index in [9.17, 15) is 9.90 Å². The van der Waals surface area contributed by atoms with Crippen LogP contribution >= 0.6 is 0 Å². The van der Waals surface area contributed by atoms with Crippen LogP contribution in [0.4, 0.5) is 0 Å². The first kappa shape index (κ1) is 26.3. The van der Waals surface area contributed by atoms with Gasteiger partial charge < -0.3 is 19.9 Å². The molecule has 1 aliphatic carbocycles. The summed E-state index contributed by atoms with van der Waals surface area (Å²) in [5.41, 5.74) is 0. The summed E-state index contributed by atoms with van der Waals surface area (Å²) in [6.45, 7) is 3.56. The zero-order chi connectivity index (χ0) is 22.9. The summed E-state index contributed by atoms with van der Waals surface area (Å²) in [5.74, 6) is 1.78. The Balaban J connectivity index is 1.42. The number of amides is 1. The van der Waals surface area contributed by atoms with Crippen LogP contribution in [0, 0.1) is 0 Å². The molecule has 0 spiro atoms. The van der Waals surface area contributed by atoms with Gasteiger partial charge in [-0.25, -0.2) is 0 Å². The first-order valence-electron chi connectivity index (χ1n) is 13.1. The summed E-state index contributed by atoms with van der Waals surface area (Å²) in [5, 5.41) is 13.0. The van der Waals surface area contributed by atoms with E-state index in [0.29, 0.717) is 37.2 Å². The number of nitrogens with one attached hydrogen (secondary N) is 1. The standard InChI is InChI=1S/C27H45NO4/c1-2-3-4-10-13-18-31-25-20-24(29)21-26(22-25)32-19-14-11-8-6-5-7-9-12-15-27(30)28-23-16-17-23/h20-23,29H,2-19H2,1H3,(H,28,30). The fourth-order valence-electron chi connectivity index (χ4n) is 3.78. The van der Waals surface area contributed by atoms with Crippen LogP contribution in [0.3, 0.4) is 0 Å². The van der Waals surface area contributed by atoms with E-state index in [0.717, 1.165) is 32.1 Å². The van der Waals surface area contributed by atoms with Gasteiger partial charge in [0.25, 0.3) is 0 Å². The molecule has 0 saturated heterocycles. The predicted octanol–water partition coefficient (Wildman–Crippen LogP) is 6.91. The minimum absolute atomic E-state index is 0.188. The van der Waals surface area contributed by atoms with Gasteiger partial charge in [0.05, 0.1) is 13.2 Å². The second-order valence-corrected chi connectivity index (χ2v) is 9.19. The zero-order valence-electron chi connectivity index (χ0n) is 20.2. The van der Waals surface area contributed by atoms with Gasteiger partial charge in [-0.1, -0.05) is 71.1 Å². The van der Waals surface area contributed by atoms with Gasteiger partial charge in [-0.3, -0.25) is 4.79 Å². The predicted molar refractivity (Wildman–Crippen MR) is 131 cm³/mol. The van der Waals surface area contributed by atoms with Crippen LogP contribution in [-0.2, 0) is 4.79 Å². The van der Waals surface area contributed by atoms with Crippen LogP contribution in [0.5, 0.6) is 17.2 Å². The van der Waals surface area contributed by atoms with Crippen molar-refractivity contribution in [2.45, 2.75) is 116 Å². The van der Waals surface area contributed by atoms with Crippen molar-refractivity contribution < 1.29 is 19.4 Å². The Labute approximate surface area is 195 Å². The van der Waals surface area contributed by atoms with Crippen molar-refractivity contribution in [3.63, 3.8) is 0 Å². The van der Waals surface area contributed by atoms with E-state index in [1.54, 1.807) is 12.1 Å². The molecule has 1 saturated carbocycles. The van der Waals surface area contributed by atoms with Gasteiger partial charge in [0.1, 0.15) is 17.2 Å². The van der Waals surface area contributed by atoms with Gasteiger partial charge in [0, 0.05) is 30.7 Å². The smallest absolute Gasteiger partial charge is 0.220 e. The lowest BCUT2D eigenvalue weighted by Crippen LogP contribution is -2.24. The lowest BCUT2D eigenvalue weighted by molar-refractivity contribution is -0.121. The van der Waals surface area contributed by atoms with Crippen LogP contribution in [0.2, 0.25) is 0 Å². The molecule has 0 bridgehead atoms. The second-order valence-electron chi connectivity index (χ2n) is 9.19. The molecule has 5 nitrogen and oxygen atoms in total. The molecule has 0 aromatic heterocycles. The third kappa shape index (κ3) is 13.5. The monoisotopic (exact) mass is 447 g/mol. The summed E-state index contributed by atoms with van der Waals surface area (Å²) in [4.78, 5) is 11.6. The minimum atomic E-state index is 0.188. The number of ether oxygens (including phenoxy) is 2. The maximum Gasteiger partial charge on any atom is 0.220 e. The number of hydrogen-bond acceptors (Lipinski definition) is 4. The van der Waals surface area contributed by atoms with Crippen molar-refractivity contribution >= 4 is 5.91 Å². The van der Waals surface area contributed by atoms with Crippen molar-refractivity contribution in [2.75, 3.05) is 13.2 Å². The first-order chi connectivity index (χ1) is 15.7. The van der Waals surface area contributed by atoms with Crippen molar-refractivity contribution in [1.82, 2.24) is 5.32 Å². The topological polar surface area (TPSA) is 67.8 Å². The highest BCUT2D eigenvalue weighted by molar-refractivity contribution is 5.76. The molecule has 32 heavy (non-hydrogen) atoms. The average Bonchev–Trinajstić information content (AvgIpc) is 3.58. The Bertz CT molecular complexity index is 630. The van der Waals surface area contributed by atoms with Crippen LogP contribution < -0.4 is 14.8 Å². The van der Waals surface area contributed by atoms with Crippen LogP contribution in [0.25, 0.3) is 0 Å².